The van der Waals surface area contributed by atoms with Crippen molar-refractivity contribution in [3.05, 3.63) is 22.2 Å². The molecule has 0 N–H and O–H groups in total. The third kappa shape index (κ3) is 1.83. The molecule has 0 saturated carbocycles. The molecule has 0 aliphatic heterocycles. The molecule has 0 bridgehead atoms. The second-order valence-electron chi connectivity index (χ2n) is 2.04. The number of azide groups is 1. The maximum Gasteiger partial charge on any atom is 0.219 e. The smallest absolute Gasteiger partial charge is 0.219 e. The predicted molar refractivity (Wildman–Crippen MR) is 42.1 cm³/mol. The zero-order valence-electron chi connectivity index (χ0n) is 6.72. The standard InChI is InChI=1S/C6H7N5O/c1-4-3-5(12-2)9-6(8-4)10-11-7/h3H,1-2H3. The minimum absolute atomic E-state index is 0.0781. The fourth-order valence-electron chi connectivity index (χ4n) is 0.714. The highest BCUT2D eigenvalue weighted by Crippen LogP contribution is 2.12. The molecule has 0 fully saturated rings. The zero-order chi connectivity index (χ0) is 8.97. The zero-order valence-corrected chi connectivity index (χ0v) is 6.72. The summed E-state index contributed by atoms with van der Waals surface area (Å²) in [6.45, 7) is 1.76. The first-order chi connectivity index (χ1) is 5.76. The van der Waals surface area contributed by atoms with Crippen molar-refractivity contribution in [2.45, 2.75) is 6.92 Å². The van der Waals surface area contributed by atoms with Crippen molar-refractivity contribution in [2.75, 3.05) is 7.11 Å². The van der Waals surface area contributed by atoms with E-state index in [-0.39, 0.29) is 5.95 Å². The molecule has 0 atom stereocenters. The number of aromatic nitrogens is 2. The molecule has 0 unspecified atom stereocenters. The first-order valence-corrected chi connectivity index (χ1v) is 3.21. The monoisotopic (exact) mass is 165 g/mol. The summed E-state index contributed by atoms with van der Waals surface area (Å²) in [4.78, 5) is 10.2. The summed E-state index contributed by atoms with van der Waals surface area (Å²) in [6, 6.07) is 1.65. The number of methoxy groups -OCH3 is 1. The molecule has 6 heteroatoms. The van der Waals surface area contributed by atoms with Crippen LogP contribution in [0.4, 0.5) is 5.95 Å². The lowest BCUT2D eigenvalue weighted by atomic mass is 10.4. The Balaban J connectivity index is 3.14. The van der Waals surface area contributed by atoms with Gasteiger partial charge in [-0.15, -0.1) is 0 Å². The molecule has 0 amide bonds. The second-order valence-corrected chi connectivity index (χ2v) is 2.04. The van der Waals surface area contributed by atoms with Gasteiger partial charge in [0.15, 0.2) is 0 Å². The summed E-state index contributed by atoms with van der Waals surface area (Å²) in [5, 5.41) is 3.25. The Morgan fingerprint density at radius 1 is 1.58 bits per heavy atom. The van der Waals surface area contributed by atoms with Gasteiger partial charge in [0, 0.05) is 16.7 Å². The summed E-state index contributed by atoms with van der Waals surface area (Å²) in [6.07, 6.45) is 0. The molecule has 1 rings (SSSR count). The van der Waals surface area contributed by atoms with E-state index in [1.807, 2.05) is 0 Å². The third-order valence-corrected chi connectivity index (χ3v) is 1.16. The summed E-state index contributed by atoms with van der Waals surface area (Å²) in [5.74, 6) is 0.472. The van der Waals surface area contributed by atoms with Crippen LogP contribution in [0.25, 0.3) is 10.4 Å². The van der Waals surface area contributed by atoms with Gasteiger partial charge in [-0.05, 0) is 17.6 Å². The van der Waals surface area contributed by atoms with Crippen LogP contribution in [-0.4, -0.2) is 17.1 Å². The molecule has 0 radical (unpaired) electrons. The third-order valence-electron chi connectivity index (χ3n) is 1.16. The van der Waals surface area contributed by atoms with Crippen LogP contribution in [0.15, 0.2) is 11.2 Å². The fraction of sp³-hybridized carbons (Fsp3) is 0.333. The first kappa shape index (κ1) is 8.29. The molecule has 0 spiro atoms. The van der Waals surface area contributed by atoms with Gasteiger partial charge in [0.1, 0.15) is 0 Å². The lowest BCUT2D eigenvalue weighted by molar-refractivity contribution is 0.397. The average molecular weight is 165 g/mol. The number of hydrogen-bond donors (Lipinski definition) is 0. The van der Waals surface area contributed by atoms with Crippen LogP contribution in [0.3, 0.4) is 0 Å². The molecule has 12 heavy (non-hydrogen) atoms. The van der Waals surface area contributed by atoms with Crippen LogP contribution in [0.2, 0.25) is 0 Å². The van der Waals surface area contributed by atoms with Gasteiger partial charge < -0.3 is 4.74 Å². The number of rotatable bonds is 2. The molecule has 0 saturated heterocycles. The highest BCUT2D eigenvalue weighted by Gasteiger charge is 1.98. The van der Waals surface area contributed by atoms with Crippen molar-refractivity contribution in [1.82, 2.24) is 9.97 Å². The molecule has 62 valence electrons. The van der Waals surface area contributed by atoms with E-state index in [0.717, 1.165) is 0 Å². The molecule has 1 heterocycles. The Morgan fingerprint density at radius 2 is 2.33 bits per heavy atom. The van der Waals surface area contributed by atoms with Gasteiger partial charge >= 0.3 is 0 Å². The Labute approximate surface area is 68.8 Å². The minimum Gasteiger partial charge on any atom is -0.481 e. The highest BCUT2D eigenvalue weighted by atomic mass is 16.5. The normalized spacial score (nSPS) is 8.83. The van der Waals surface area contributed by atoms with Crippen LogP contribution >= 0.6 is 0 Å². The fourth-order valence-corrected chi connectivity index (χ4v) is 0.714. The van der Waals surface area contributed by atoms with Crippen molar-refractivity contribution in [3.8, 4) is 5.88 Å². The molecule has 6 nitrogen and oxygen atoms in total. The van der Waals surface area contributed by atoms with E-state index in [2.05, 4.69) is 20.0 Å². The lowest BCUT2D eigenvalue weighted by Crippen LogP contribution is -1.90. The molecule has 1 aromatic heterocycles. The number of aryl methyl sites for hydroxylation is 1. The van der Waals surface area contributed by atoms with Gasteiger partial charge in [0.25, 0.3) is 0 Å². The number of ether oxygens (including phenoxy) is 1. The van der Waals surface area contributed by atoms with Crippen LogP contribution < -0.4 is 4.74 Å². The quantitative estimate of drug-likeness (QED) is 0.380. The predicted octanol–water partition coefficient (Wildman–Crippen LogP) is 1.74. The van der Waals surface area contributed by atoms with Gasteiger partial charge in [0.05, 0.1) is 7.11 Å². The van der Waals surface area contributed by atoms with Gasteiger partial charge in [-0.3, -0.25) is 0 Å². The van der Waals surface area contributed by atoms with Crippen molar-refractivity contribution in [3.63, 3.8) is 0 Å². The van der Waals surface area contributed by atoms with E-state index in [4.69, 9.17) is 10.3 Å². The lowest BCUT2D eigenvalue weighted by Gasteiger charge is -1.99. The van der Waals surface area contributed by atoms with Crippen molar-refractivity contribution >= 4 is 5.95 Å². The van der Waals surface area contributed by atoms with E-state index < -0.39 is 0 Å². The maximum absolute atomic E-state index is 8.11. The van der Waals surface area contributed by atoms with Gasteiger partial charge in [0.2, 0.25) is 11.8 Å². The van der Waals surface area contributed by atoms with Crippen LogP contribution in [-0.2, 0) is 0 Å². The summed E-state index contributed by atoms with van der Waals surface area (Å²) in [7, 11) is 1.49. The second kappa shape index (κ2) is 3.54. The summed E-state index contributed by atoms with van der Waals surface area (Å²) in [5.41, 5.74) is 8.81. The molecule has 1 aromatic rings. The highest BCUT2D eigenvalue weighted by molar-refractivity contribution is 5.24. The van der Waals surface area contributed by atoms with E-state index in [9.17, 15) is 0 Å². The maximum atomic E-state index is 8.11. The molecule has 0 aromatic carbocycles. The van der Waals surface area contributed by atoms with Crippen LogP contribution in [0.1, 0.15) is 5.69 Å². The van der Waals surface area contributed by atoms with E-state index >= 15 is 0 Å². The van der Waals surface area contributed by atoms with Crippen molar-refractivity contribution in [1.29, 1.82) is 0 Å². The molecular weight excluding hydrogens is 158 g/mol. The van der Waals surface area contributed by atoms with E-state index in [0.29, 0.717) is 11.6 Å². The van der Waals surface area contributed by atoms with Gasteiger partial charge in [-0.2, -0.15) is 4.98 Å². The average Bonchev–Trinajstić information content (AvgIpc) is 2.04. The Hall–Kier alpha value is -1.81. The van der Waals surface area contributed by atoms with Gasteiger partial charge in [-0.25, -0.2) is 4.98 Å². The SMILES string of the molecule is COc1cc(C)nc(N=[N+]=[N-])n1. The topological polar surface area (TPSA) is 83.8 Å². The Bertz CT molecular complexity index is 331. The van der Waals surface area contributed by atoms with E-state index in [1.165, 1.54) is 7.11 Å². The van der Waals surface area contributed by atoms with Crippen molar-refractivity contribution in [2.24, 2.45) is 5.11 Å². The van der Waals surface area contributed by atoms with Crippen LogP contribution in [0, 0.1) is 6.92 Å². The number of hydrogen-bond acceptors (Lipinski definition) is 4. The van der Waals surface area contributed by atoms with Crippen molar-refractivity contribution < 1.29 is 4.74 Å². The number of nitrogens with zero attached hydrogens (tertiary/aromatic N) is 5. The van der Waals surface area contributed by atoms with Gasteiger partial charge in [-0.1, -0.05) is 0 Å². The van der Waals surface area contributed by atoms with Crippen LogP contribution in [0.5, 0.6) is 5.88 Å². The summed E-state index contributed by atoms with van der Waals surface area (Å²) < 4.78 is 4.85. The largest absolute Gasteiger partial charge is 0.481 e. The van der Waals surface area contributed by atoms with E-state index in [1.54, 1.807) is 13.0 Å². The summed E-state index contributed by atoms with van der Waals surface area (Å²) >= 11 is 0. The first-order valence-electron chi connectivity index (χ1n) is 3.21. The molecular formula is C6H7N5O. The molecule has 0 aliphatic carbocycles. The Kier molecular flexibility index (Phi) is 2.45. The molecule has 0 aliphatic rings. The Morgan fingerprint density at radius 3 is 2.92 bits per heavy atom. The minimum atomic E-state index is 0.0781.